The Hall–Kier alpha value is -3.02. The minimum atomic E-state index is -3.78. The lowest BCUT2D eigenvalue weighted by Crippen LogP contribution is -2.40. The third kappa shape index (κ3) is 5.00. The van der Waals surface area contributed by atoms with Crippen LogP contribution in [0.25, 0.3) is 0 Å². The number of thiazole rings is 1. The van der Waals surface area contributed by atoms with Crippen molar-refractivity contribution >= 4 is 33.2 Å². The monoisotopic (exact) mass is 487 g/mol. The van der Waals surface area contributed by atoms with Crippen molar-refractivity contribution in [2.75, 3.05) is 13.1 Å². The van der Waals surface area contributed by atoms with Gasteiger partial charge in [-0.05, 0) is 24.5 Å². The van der Waals surface area contributed by atoms with E-state index in [1.165, 1.54) is 32.5 Å². The molecule has 2 aromatic heterocycles. The number of rotatable bonds is 6. The number of sulfonamides is 1. The van der Waals surface area contributed by atoms with Crippen molar-refractivity contribution in [2.24, 2.45) is 23.7 Å². The molecule has 1 aliphatic rings. The molecule has 0 aliphatic carbocycles. The molecule has 4 rings (SSSR count). The van der Waals surface area contributed by atoms with Crippen LogP contribution in [0.5, 0.6) is 0 Å². The van der Waals surface area contributed by atoms with Gasteiger partial charge in [0, 0.05) is 50.4 Å². The fraction of sp³-hybridized carbons (Fsp3) is 0.318. The summed E-state index contributed by atoms with van der Waals surface area (Å²) in [7, 11) is -2.21. The van der Waals surface area contributed by atoms with Crippen LogP contribution in [0.4, 0.5) is 0 Å². The molecule has 1 fully saturated rings. The molecule has 3 aromatic rings. The average molecular weight is 488 g/mol. The van der Waals surface area contributed by atoms with Crippen LogP contribution in [0.2, 0.25) is 0 Å². The number of nitrogens with two attached hydrogens (primary N) is 1. The fourth-order valence-electron chi connectivity index (χ4n) is 3.89. The fourth-order valence-corrected chi connectivity index (χ4v) is 6.16. The van der Waals surface area contributed by atoms with Gasteiger partial charge >= 0.3 is 0 Å². The largest absolute Gasteiger partial charge is 0.364 e. The van der Waals surface area contributed by atoms with E-state index >= 15 is 0 Å². The lowest BCUT2D eigenvalue weighted by Gasteiger charge is -2.29. The second-order valence-electron chi connectivity index (χ2n) is 7.96. The number of hydrogen-bond donors (Lipinski definition) is 1. The van der Waals surface area contributed by atoms with Gasteiger partial charge in [0.2, 0.25) is 10.0 Å². The maximum atomic E-state index is 13.0. The first kappa shape index (κ1) is 23.1. The SMILES string of the molecule is Cn1cc(S(=O)(=O)N2CCC(C(=O)N=c3sccn3Cc3ccccc3)CC2)cc1C(N)=O. The molecule has 1 saturated heterocycles. The molecular formula is C22H25N5O4S2. The molecule has 174 valence electrons. The highest BCUT2D eigenvalue weighted by Crippen LogP contribution is 2.25. The van der Waals surface area contributed by atoms with E-state index < -0.39 is 15.9 Å². The van der Waals surface area contributed by atoms with Crippen molar-refractivity contribution in [3.05, 3.63) is 70.2 Å². The maximum absolute atomic E-state index is 13.0. The molecule has 2 amide bonds. The predicted molar refractivity (Wildman–Crippen MR) is 124 cm³/mol. The summed E-state index contributed by atoms with van der Waals surface area (Å²) < 4.78 is 30.6. The topological polar surface area (TPSA) is 120 Å². The molecule has 0 atom stereocenters. The van der Waals surface area contributed by atoms with Crippen molar-refractivity contribution in [3.8, 4) is 0 Å². The van der Waals surface area contributed by atoms with Crippen LogP contribution in [-0.2, 0) is 28.4 Å². The molecule has 33 heavy (non-hydrogen) atoms. The molecule has 0 unspecified atom stereocenters. The Morgan fingerprint density at radius 2 is 1.88 bits per heavy atom. The molecule has 1 aliphatic heterocycles. The quantitative estimate of drug-likeness (QED) is 0.567. The first-order valence-electron chi connectivity index (χ1n) is 10.5. The van der Waals surface area contributed by atoms with Crippen molar-refractivity contribution in [2.45, 2.75) is 24.3 Å². The second-order valence-corrected chi connectivity index (χ2v) is 10.8. The summed E-state index contributed by atoms with van der Waals surface area (Å²) in [5.74, 6) is -1.25. The minimum Gasteiger partial charge on any atom is -0.364 e. The Kier molecular flexibility index (Phi) is 6.63. The first-order valence-corrected chi connectivity index (χ1v) is 12.8. The number of carbonyl (C=O) groups is 2. The summed E-state index contributed by atoms with van der Waals surface area (Å²) in [6.07, 6.45) is 4.06. The van der Waals surface area contributed by atoms with Crippen LogP contribution in [0.1, 0.15) is 28.9 Å². The van der Waals surface area contributed by atoms with Crippen molar-refractivity contribution in [1.82, 2.24) is 13.4 Å². The van der Waals surface area contributed by atoms with Crippen molar-refractivity contribution in [3.63, 3.8) is 0 Å². The van der Waals surface area contributed by atoms with Gasteiger partial charge in [0.05, 0.1) is 0 Å². The Morgan fingerprint density at radius 3 is 2.52 bits per heavy atom. The number of hydrogen-bond acceptors (Lipinski definition) is 5. The van der Waals surface area contributed by atoms with Crippen LogP contribution in [0.15, 0.2) is 64.1 Å². The van der Waals surface area contributed by atoms with Crippen LogP contribution in [-0.4, -0.2) is 46.8 Å². The van der Waals surface area contributed by atoms with Gasteiger partial charge in [0.15, 0.2) is 4.80 Å². The zero-order valence-electron chi connectivity index (χ0n) is 18.1. The lowest BCUT2D eigenvalue weighted by molar-refractivity contribution is -0.122. The maximum Gasteiger partial charge on any atom is 0.265 e. The van der Waals surface area contributed by atoms with Gasteiger partial charge in [0.25, 0.3) is 11.8 Å². The van der Waals surface area contributed by atoms with E-state index in [0.29, 0.717) is 24.2 Å². The summed E-state index contributed by atoms with van der Waals surface area (Å²) in [5, 5.41) is 1.89. The average Bonchev–Trinajstić information content (AvgIpc) is 3.41. The predicted octanol–water partition coefficient (Wildman–Crippen LogP) is 1.56. The number of aryl methyl sites for hydroxylation is 1. The normalized spacial score (nSPS) is 16.2. The standard InChI is InChI=1S/C22H25N5O4S2/c1-25-15-18(13-19(25)20(23)28)33(30,31)27-9-7-17(8-10-27)21(29)24-22-26(11-12-32-22)14-16-5-3-2-4-6-16/h2-6,11-13,15,17H,7-10,14H2,1H3,(H2,23,28). The Labute approximate surface area is 195 Å². The molecular weight excluding hydrogens is 462 g/mol. The lowest BCUT2D eigenvalue weighted by atomic mass is 9.98. The van der Waals surface area contributed by atoms with E-state index in [9.17, 15) is 18.0 Å². The van der Waals surface area contributed by atoms with Gasteiger partial charge in [-0.3, -0.25) is 9.59 Å². The van der Waals surface area contributed by atoms with Gasteiger partial charge < -0.3 is 14.9 Å². The van der Waals surface area contributed by atoms with E-state index in [0.717, 1.165) is 5.56 Å². The van der Waals surface area contributed by atoms with Crippen LogP contribution < -0.4 is 10.5 Å². The Balaban J connectivity index is 1.43. The minimum absolute atomic E-state index is 0.0220. The summed E-state index contributed by atoms with van der Waals surface area (Å²) >= 11 is 1.40. The molecule has 0 spiro atoms. The number of benzene rings is 1. The van der Waals surface area contributed by atoms with E-state index in [2.05, 4.69) is 4.99 Å². The number of primary amides is 1. The molecule has 0 bridgehead atoms. The molecule has 2 N–H and O–H groups in total. The van der Waals surface area contributed by atoms with Crippen molar-refractivity contribution < 1.29 is 18.0 Å². The molecule has 3 heterocycles. The van der Waals surface area contributed by atoms with E-state index in [4.69, 9.17) is 5.73 Å². The van der Waals surface area contributed by atoms with Gasteiger partial charge in [-0.2, -0.15) is 9.30 Å². The summed E-state index contributed by atoms with van der Waals surface area (Å²) in [5.41, 5.74) is 6.53. The van der Waals surface area contributed by atoms with E-state index in [1.54, 1.807) is 7.05 Å². The first-order chi connectivity index (χ1) is 15.8. The smallest absolute Gasteiger partial charge is 0.265 e. The summed E-state index contributed by atoms with van der Waals surface area (Å²) in [4.78, 5) is 29.3. The van der Waals surface area contributed by atoms with Crippen LogP contribution >= 0.6 is 11.3 Å². The zero-order valence-corrected chi connectivity index (χ0v) is 19.8. The van der Waals surface area contributed by atoms with Crippen molar-refractivity contribution in [1.29, 1.82) is 0 Å². The number of amides is 2. The van der Waals surface area contributed by atoms with Crippen LogP contribution in [0.3, 0.4) is 0 Å². The highest BCUT2D eigenvalue weighted by Gasteiger charge is 2.33. The van der Waals surface area contributed by atoms with Gasteiger partial charge in [-0.1, -0.05) is 30.3 Å². The highest BCUT2D eigenvalue weighted by molar-refractivity contribution is 7.89. The number of piperidine rings is 1. The van der Waals surface area contributed by atoms with Gasteiger partial charge in [-0.15, -0.1) is 11.3 Å². The number of aromatic nitrogens is 2. The van der Waals surface area contributed by atoms with Crippen LogP contribution in [0, 0.1) is 5.92 Å². The zero-order chi connectivity index (χ0) is 23.6. The third-order valence-electron chi connectivity index (χ3n) is 5.73. The number of carbonyl (C=O) groups excluding carboxylic acids is 2. The summed E-state index contributed by atoms with van der Waals surface area (Å²) in [6, 6.07) is 11.2. The van der Waals surface area contributed by atoms with E-state index in [1.807, 2.05) is 46.5 Å². The Bertz CT molecular complexity index is 1330. The Morgan fingerprint density at radius 1 is 1.18 bits per heavy atom. The molecule has 1 aromatic carbocycles. The van der Waals surface area contributed by atoms with E-state index in [-0.39, 0.29) is 35.5 Å². The second kappa shape index (κ2) is 9.46. The molecule has 0 saturated carbocycles. The molecule has 9 nitrogen and oxygen atoms in total. The molecule has 11 heteroatoms. The van der Waals surface area contributed by atoms with Gasteiger partial charge in [-0.25, -0.2) is 8.42 Å². The third-order valence-corrected chi connectivity index (χ3v) is 8.39. The highest BCUT2D eigenvalue weighted by atomic mass is 32.2. The summed E-state index contributed by atoms with van der Waals surface area (Å²) in [6.45, 7) is 1.05. The molecule has 0 radical (unpaired) electrons. The number of nitrogens with zero attached hydrogens (tertiary/aromatic N) is 4. The van der Waals surface area contributed by atoms with Gasteiger partial charge in [0.1, 0.15) is 10.6 Å².